The second-order valence-electron chi connectivity index (χ2n) is 6.77. The van der Waals surface area contributed by atoms with E-state index in [0.717, 1.165) is 24.2 Å². The summed E-state index contributed by atoms with van der Waals surface area (Å²) < 4.78 is 6.51. The minimum absolute atomic E-state index is 0.0295. The number of likely N-dealkylation sites (N-methyl/N-ethyl adjacent to an activating group) is 1. The summed E-state index contributed by atoms with van der Waals surface area (Å²) in [6.07, 6.45) is 7.13. The summed E-state index contributed by atoms with van der Waals surface area (Å²) in [7, 11) is 3.44. The maximum Gasteiger partial charge on any atom is 0.254 e. The Balaban J connectivity index is 1.70. The zero-order valence-electron chi connectivity index (χ0n) is 15.4. The van der Waals surface area contributed by atoms with Crippen molar-refractivity contribution < 1.29 is 9.53 Å². The van der Waals surface area contributed by atoms with E-state index < -0.39 is 0 Å². The highest BCUT2D eigenvalue weighted by Gasteiger charge is 2.22. The average Bonchev–Trinajstić information content (AvgIpc) is 2.69. The Labute approximate surface area is 153 Å². The number of amides is 1. The van der Waals surface area contributed by atoms with Crippen molar-refractivity contribution in [2.24, 2.45) is 0 Å². The van der Waals surface area contributed by atoms with Gasteiger partial charge in [0.2, 0.25) is 5.91 Å². The van der Waals surface area contributed by atoms with E-state index in [-0.39, 0.29) is 18.0 Å². The zero-order chi connectivity index (χ0) is 18.5. The highest BCUT2D eigenvalue weighted by molar-refractivity contribution is 5.76. The Morgan fingerprint density at radius 1 is 1.23 bits per heavy atom. The summed E-state index contributed by atoms with van der Waals surface area (Å²) in [5.41, 5.74) is 1.19. The van der Waals surface area contributed by atoms with Crippen LogP contribution in [0.4, 0.5) is 0 Å². The number of rotatable bonds is 5. The fourth-order valence-corrected chi connectivity index (χ4v) is 3.39. The monoisotopic (exact) mass is 355 g/mol. The SMILES string of the molecule is COc1ccc(-c2cc(=O)n(CC(=O)N(C)C3CCCCC3)cn2)cc1. The molecule has 1 aromatic heterocycles. The van der Waals surface area contributed by atoms with Gasteiger partial charge in [-0.3, -0.25) is 14.2 Å². The first-order valence-electron chi connectivity index (χ1n) is 9.05. The molecule has 6 heteroatoms. The molecule has 0 aliphatic heterocycles. The molecule has 0 spiro atoms. The summed E-state index contributed by atoms with van der Waals surface area (Å²) in [6.45, 7) is 0.0295. The van der Waals surface area contributed by atoms with Crippen LogP contribution in [0, 0.1) is 0 Å². The lowest BCUT2D eigenvalue weighted by atomic mass is 9.94. The fraction of sp³-hybridized carbons (Fsp3) is 0.450. The van der Waals surface area contributed by atoms with E-state index in [4.69, 9.17) is 4.74 Å². The number of methoxy groups -OCH3 is 1. The van der Waals surface area contributed by atoms with Gasteiger partial charge in [0.1, 0.15) is 12.3 Å². The fourth-order valence-electron chi connectivity index (χ4n) is 3.39. The third-order valence-electron chi connectivity index (χ3n) is 5.09. The molecule has 1 aliphatic carbocycles. The lowest BCUT2D eigenvalue weighted by Gasteiger charge is -2.31. The van der Waals surface area contributed by atoms with E-state index in [1.165, 1.54) is 36.2 Å². The van der Waals surface area contributed by atoms with Crippen LogP contribution in [0.1, 0.15) is 32.1 Å². The van der Waals surface area contributed by atoms with Crippen molar-refractivity contribution >= 4 is 5.91 Å². The Kier molecular flexibility index (Phi) is 5.71. The molecule has 0 radical (unpaired) electrons. The van der Waals surface area contributed by atoms with Crippen molar-refractivity contribution in [3.8, 4) is 17.0 Å². The topological polar surface area (TPSA) is 64.4 Å². The van der Waals surface area contributed by atoms with E-state index in [9.17, 15) is 9.59 Å². The first-order chi connectivity index (χ1) is 12.6. The molecule has 0 N–H and O–H groups in total. The molecule has 0 bridgehead atoms. The quantitative estimate of drug-likeness (QED) is 0.827. The standard InChI is InChI=1S/C20H25N3O3/c1-22(16-6-4-3-5-7-16)20(25)13-23-14-21-18(12-19(23)24)15-8-10-17(26-2)11-9-15/h8-12,14,16H,3-7,13H2,1-2H3. The van der Waals surface area contributed by atoms with Crippen LogP contribution >= 0.6 is 0 Å². The highest BCUT2D eigenvalue weighted by atomic mass is 16.5. The maximum atomic E-state index is 12.5. The molecule has 2 aromatic rings. The summed E-state index contributed by atoms with van der Waals surface area (Å²) in [4.78, 5) is 31.0. The van der Waals surface area contributed by atoms with Crippen LogP contribution in [0.25, 0.3) is 11.3 Å². The van der Waals surface area contributed by atoms with Crippen molar-refractivity contribution in [1.29, 1.82) is 0 Å². The lowest BCUT2D eigenvalue weighted by Crippen LogP contribution is -2.41. The van der Waals surface area contributed by atoms with Crippen molar-refractivity contribution in [3.05, 3.63) is 47.0 Å². The molecule has 138 valence electrons. The van der Waals surface area contributed by atoms with Crippen LogP contribution in [-0.2, 0) is 11.3 Å². The van der Waals surface area contributed by atoms with Crippen molar-refractivity contribution in [1.82, 2.24) is 14.5 Å². The third-order valence-corrected chi connectivity index (χ3v) is 5.09. The van der Waals surface area contributed by atoms with Gasteiger partial charge >= 0.3 is 0 Å². The number of ether oxygens (including phenoxy) is 1. The Morgan fingerprint density at radius 2 is 1.92 bits per heavy atom. The number of nitrogens with zero attached hydrogens (tertiary/aromatic N) is 3. The second kappa shape index (κ2) is 8.17. The van der Waals surface area contributed by atoms with Gasteiger partial charge in [0.15, 0.2) is 0 Å². The van der Waals surface area contributed by atoms with Crippen molar-refractivity contribution in [3.63, 3.8) is 0 Å². The van der Waals surface area contributed by atoms with Gasteiger partial charge in [-0.1, -0.05) is 19.3 Å². The minimum Gasteiger partial charge on any atom is -0.497 e. The molecule has 1 aliphatic rings. The van der Waals surface area contributed by atoms with Crippen LogP contribution < -0.4 is 10.3 Å². The van der Waals surface area contributed by atoms with Gasteiger partial charge in [-0.15, -0.1) is 0 Å². The van der Waals surface area contributed by atoms with Crippen LogP contribution in [0.15, 0.2) is 41.5 Å². The molecule has 0 atom stereocenters. The average molecular weight is 355 g/mol. The molecule has 1 fully saturated rings. The van der Waals surface area contributed by atoms with Crippen LogP contribution in [-0.4, -0.2) is 40.6 Å². The largest absolute Gasteiger partial charge is 0.497 e. The van der Waals surface area contributed by atoms with Gasteiger partial charge in [0, 0.05) is 24.7 Å². The number of hydrogen-bond acceptors (Lipinski definition) is 4. The molecule has 6 nitrogen and oxygen atoms in total. The molecule has 1 heterocycles. The van der Waals surface area contributed by atoms with E-state index in [1.807, 2.05) is 31.3 Å². The number of carbonyl (C=O) groups is 1. The number of hydrogen-bond donors (Lipinski definition) is 0. The first-order valence-corrected chi connectivity index (χ1v) is 9.05. The smallest absolute Gasteiger partial charge is 0.254 e. The van der Waals surface area contributed by atoms with Crippen LogP contribution in [0.5, 0.6) is 5.75 Å². The maximum absolute atomic E-state index is 12.5. The molecule has 1 amide bonds. The van der Waals surface area contributed by atoms with Crippen molar-refractivity contribution in [2.45, 2.75) is 44.7 Å². The predicted molar refractivity (Wildman–Crippen MR) is 100 cm³/mol. The number of carbonyl (C=O) groups excluding carboxylic acids is 1. The molecule has 1 aromatic carbocycles. The van der Waals surface area contributed by atoms with Gasteiger partial charge in [-0.2, -0.15) is 0 Å². The van der Waals surface area contributed by atoms with Gasteiger partial charge in [0.25, 0.3) is 5.56 Å². The van der Waals surface area contributed by atoms with Gasteiger partial charge in [0.05, 0.1) is 19.1 Å². The minimum atomic E-state index is -0.226. The molecule has 1 saturated carbocycles. The molecular weight excluding hydrogens is 330 g/mol. The summed E-state index contributed by atoms with van der Waals surface area (Å²) in [5.74, 6) is 0.705. The summed E-state index contributed by atoms with van der Waals surface area (Å²) >= 11 is 0. The van der Waals surface area contributed by atoms with Crippen LogP contribution in [0.3, 0.4) is 0 Å². The van der Waals surface area contributed by atoms with E-state index in [2.05, 4.69) is 4.98 Å². The van der Waals surface area contributed by atoms with E-state index in [1.54, 1.807) is 12.0 Å². The summed E-state index contributed by atoms with van der Waals surface area (Å²) in [6, 6.07) is 9.12. The van der Waals surface area contributed by atoms with Gasteiger partial charge in [-0.25, -0.2) is 4.98 Å². The van der Waals surface area contributed by atoms with Crippen molar-refractivity contribution in [2.75, 3.05) is 14.2 Å². The second-order valence-corrected chi connectivity index (χ2v) is 6.77. The molecule has 0 saturated heterocycles. The highest BCUT2D eigenvalue weighted by Crippen LogP contribution is 2.22. The van der Waals surface area contributed by atoms with Gasteiger partial charge < -0.3 is 9.64 Å². The lowest BCUT2D eigenvalue weighted by molar-refractivity contribution is -0.133. The normalized spacial score (nSPS) is 14.8. The molecular formula is C20H25N3O3. The third kappa shape index (κ3) is 4.12. The molecule has 3 rings (SSSR count). The first kappa shape index (κ1) is 18.2. The van der Waals surface area contributed by atoms with Crippen LogP contribution in [0.2, 0.25) is 0 Å². The number of aromatic nitrogens is 2. The Bertz CT molecular complexity index is 808. The van der Waals surface area contributed by atoms with Gasteiger partial charge in [-0.05, 0) is 37.1 Å². The molecule has 0 unspecified atom stereocenters. The summed E-state index contributed by atoms with van der Waals surface area (Å²) in [5, 5.41) is 0. The Hall–Kier alpha value is -2.63. The van der Waals surface area contributed by atoms with E-state index >= 15 is 0 Å². The zero-order valence-corrected chi connectivity index (χ0v) is 15.4. The molecule has 26 heavy (non-hydrogen) atoms. The number of benzene rings is 1. The predicted octanol–water partition coefficient (Wildman–Crippen LogP) is 2.71. The Morgan fingerprint density at radius 3 is 2.54 bits per heavy atom. The van der Waals surface area contributed by atoms with E-state index in [0.29, 0.717) is 11.7 Å².